The van der Waals surface area contributed by atoms with Crippen LogP contribution in [0.5, 0.6) is 0 Å². The van der Waals surface area contributed by atoms with Gasteiger partial charge >= 0.3 is 0 Å². The summed E-state index contributed by atoms with van der Waals surface area (Å²) in [6.45, 7) is 27.0. The average Bonchev–Trinajstić information content (AvgIpc) is 3.30. The van der Waals surface area contributed by atoms with Crippen molar-refractivity contribution in [1.29, 1.82) is 0 Å². The van der Waals surface area contributed by atoms with E-state index in [1.165, 1.54) is 28.5 Å². The smallest absolute Gasteiger partial charge is 0.116 e. The lowest BCUT2D eigenvalue weighted by Crippen LogP contribution is -2.19. The van der Waals surface area contributed by atoms with Crippen LogP contribution < -0.4 is 16.4 Å². The summed E-state index contributed by atoms with van der Waals surface area (Å²) in [5, 5.41) is 6.66. The van der Waals surface area contributed by atoms with Crippen LogP contribution >= 0.6 is 0 Å². The first-order valence-corrected chi connectivity index (χ1v) is 12.9. The summed E-state index contributed by atoms with van der Waals surface area (Å²) in [5.74, 6) is 0. The average molecular weight is 512 g/mol. The van der Waals surface area contributed by atoms with Gasteiger partial charge in [-0.25, -0.2) is 9.97 Å². The van der Waals surface area contributed by atoms with Crippen molar-refractivity contribution in [3.63, 3.8) is 0 Å². The number of hydrogen-bond donors (Lipinski definition) is 3. The van der Waals surface area contributed by atoms with Crippen molar-refractivity contribution in [2.75, 3.05) is 5.32 Å². The summed E-state index contributed by atoms with van der Waals surface area (Å²) in [6.07, 6.45) is 16.4. The Labute approximate surface area is 230 Å². The molecule has 0 bridgehead atoms. The third-order valence-corrected chi connectivity index (χ3v) is 5.93. The van der Waals surface area contributed by atoms with Crippen LogP contribution in [0.25, 0.3) is 11.8 Å². The molecule has 5 heteroatoms. The summed E-state index contributed by atoms with van der Waals surface area (Å²) in [7, 11) is 0. The van der Waals surface area contributed by atoms with Gasteiger partial charge in [-0.3, -0.25) is 0 Å². The second-order valence-electron chi connectivity index (χ2n) is 9.11. The summed E-state index contributed by atoms with van der Waals surface area (Å²) in [5.41, 5.74) is 15.0. The molecule has 38 heavy (non-hydrogen) atoms. The van der Waals surface area contributed by atoms with Crippen LogP contribution in [-0.4, -0.2) is 9.97 Å². The fourth-order valence-electron chi connectivity index (χ4n) is 3.77. The molecular weight excluding hydrogens is 466 g/mol. The standard InChI is InChI=1S/C20H23N5.C7H12.C6H10/c1-4-15-5-7-17-16(11-15)6-8-18(17)25-14(3)20-19(22-10-9-21)13(2)23-12-24-20;1-4-6-7(3)5-2;1-4-5-6(2)3/h4-5,7,9-12,18,22,25H,1,3,6,8,21H2,2H3;4,6H,1,5H2,2-3H3;4H,1-2,5H2,3H3/b10-9+;7-6+;/t18-;;/m0../s1. The lowest BCUT2D eigenvalue weighted by molar-refractivity contribution is 0.627. The van der Waals surface area contributed by atoms with Crippen molar-refractivity contribution in [2.45, 2.75) is 59.4 Å². The summed E-state index contributed by atoms with van der Waals surface area (Å²) in [6, 6.07) is 6.71. The number of hydrogen-bond acceptors (Lipinski definition) is 5. The van der Waals surface area contributed by atoms with E-state index in [-0.39, 0.29) is 6.04 Å². The van der Waals surface area contributed by atoms with Gasteiger partial charge in [0.05, 0.1) is 23.1 Å². The van der Waals surface area contributed by atoms with E-state index >= 15 is 0 Å². The number of aromatic nitrogens is 2. The zero-order chi connectivity index (χ0) is 28.5. The van der Waals surface area contributed by atoms with E-state index in [0.29, 0.717) is 0 Å². The van der Waals surface area contributed by atoms with Crippen molar-refractivity contribution >= 4 is 17.5 Å². The Hall–Kier alpha value is -4.12. The second-order valence-corrected chi connectivity index (χ2v) is 9.11. The number of anilines is 1. The molecular formula is C33H45N5. The Bertz CT molecular complexity index is 1170. The molecule has 0 spiro atoms. The zero-order valence-electron chi connectivity index (χ0n) is 23.7. The molecule has 5 nitrogen and oxygen atoms in total. The Morgan fingerprint density at radius 1 is 1.16 bits per heavy atom. The van der Waals surface area contributed by atoms with Gasteiger partial charge < -0.3 is 16.4 Å². The molecule has 3 rings (SSSR count). The maximum atomic E-state index is 5.43. The third kappa shape index (κ3) is 10.5. The molecule has 4 N–H and O–H groups in total. The molecule has 0 fully saturated rings. The first-order valence-electron chi connectivity index (χ1n) is 12.9. The number of fused-ring (bicyclic) bond motifs is 1. The maximum absolute atomic E-state index is 5.43. The van der Waals surface area contributed by atoms with Crippen LogP contribution in [0.1, 0.15) is 74.2 Å². The number of benzene rings is 1. The highest BCUT2D eigenvalue weighted by molar-refractivity contribution is 5.73. The summed E-state index contributed by atoms with van der Waals surface area (Å²) in [4.78, 5) is 8.63. The molecule has 0 unspecified atom stereocenters. The SMILES string of the molecule is C=C/C=C(\C)CC.C=CCC(=C)C.C=Cc1ccc2c(c1)CC[C@@H]2NC(=C)c1ncnc(C)c1N/C=C/N. The Kier molecular flexibility index (Phi) is 14.6. The largest absolute Gasteiger partial charge is 0.403 e. The molecule has 0 saturated heterocycles. The first-order chi connectivity index (χ1) is 18.2. The number of aryl methyl sites for hydroxylation is 2. The fraction of sp³-hybridized carbons (Fsp3) is 0.273. The maximum Gasteiger partial charge on any atom is 0.116 e. The van der Waals surface area contributed by atoms with Gasteiger partial charge in [0.1, 0.15) is 12.0 Å². The Morgan fingerprint density at radius 2 is 1.89 bits per heavy atom. The monoisotopic (exact) mass is 511 g/mol. The number of rotatable bonds is 10. The normalized spacial score (nSPS) is 13.7. The van der Waals surface area contributed by atoms with Crippen LogP contribution in [-0.2, 0) is 6.42 Å². The highest BCUT2D eigenvalue weighted by Crippen LogP contribution is 2.34. The topological polar surface area (TPSA) is 75.9 Å². The van der Waals surface area contributed by atoms with E-state index in [9.17, 15) is 0 Å². The zero-order valence-corrected chi connectivity index (χ0v) is 23.7. The van der Waals surface area contributed by atoms with Crippen molar-refractivity contribution in [3.8, 4) is 0 Å². The van der Waals surface area contributed by atoms with Gasteiger partial charge in [0.25, 0.3) is 0 Å². The molecule has 202 valence electrons. The molecule has 0 amide bonds. The molecule has 1 heterocycles. The summed E-state index contributed by atoms with van der Waals surface area (Å²) >= 11 is 0. The lowest BCUT2D eigenvalue weighted by Gasteiger charge is -2.19. The molecule has 1 aliphatic rings. The number of nitrogens with two attached hydrogens (primary N) is 1. The van der Waals surface area contributed by atoms with Crippen LogP contribution in [0, 0.1) is 6.92 Å². The van der Waals surface area contributed by atoms with Gasteiger partial charge in [-0.05, 0) is 63.1 Å². The van der Waals surface area contributed by atoms with Gasteiger partial charge in [-0.15, -0.1) is 6.58 Å². The Morgan fingerprint density at radius 3 is 2.42 bits per heavy atom. The number of allylic oxidation sites excluding steroid dienone is 5. The minimum absolute atomic E-state index is 0.231. The van der Waals surface area contributed by atoms with E-state index in [2.05, 4.69) is 85.5 Å². The molecule has 0 aliphatic heterocycles. The molecule has 1 atom stereocenters. The van der Waals surface area contributed by atoms with Crippen LogP contribution in [0.4, 0.5) is 5.69 Å². The lowest BCUT2D eigenvalue weighted by atomic mass is 10.0. The predicted molar refractivity (Wildman–Crippen MR) is 167 cm³/mol. The predicted octanol–water partition coefficient (Wildman–Crippen LogP) is 8.18. The van der Waals surface area contributed by atoms with Crippen molar-refractivity contribution < 1.29 is 0 Å². The molecule has 1 aromatic carbocycles. The minimum atomic E-state index is 0.231. The Balaban J connectivity index is 0.000000461. The minimum Gasteiger partial charge on any atom is -0.403 e. The van der Waals surface area contributed by atoms with Crippen LogP contribution in [0.3, 0.4) is 0 Å². The molecule has 1 aliphatic carbocycles. The number of nitrogens with one attached hydrogen (secondary N) is 2. The van der Waals surface area contributed by atoms with Crippen LogP contribution in [0.2, 0.25) is 0 Å². The van der Waals surface area contributed by atoms with Crippen molar-refractivity contribution in [1.82, 2.24) is 15.3 Å². The molecule has 0 radical (unpaired) electrons. The van der Waals surface area contributed by atoms with E-state index < -0.39 is 0 Å². The van der Waals surface area contributed by atoms with Gasteiger partial charge in [-0.1, -0.05) is 86.9 Å². The van der Waals surface area contributed by atoms with E-state index in [1.54, 1.807) is 12.5 Å². The first kappa shape index (κ1) is 31.9. The van der Waals surface area contributed by atoms with E-state index in [0.717, 1.165) is 54.0 Å². The third-order valence-electron chi connectivity index (χ3n) is 5.93. The highest BCUT2D eigenvalue weighted by Gasteiger charge is 2.24. The second kappa shape index (κ2) is 17.4. The van der Waals surface area contributed by atoms with E-state index in [1.807, 2.05) is 38.2 Å². The van der Waals surface area contributed by atoms with Gasteiger partial charge in [-0.2, -0.15) is 0 Å². The van der Waals surface area contributed by atoms with Crippen molar-refractivity contribution in [3.05, 3.63) is 127 Å². The number of nitrogens with zero attached hydrogens (tertiary/aromatic N) is 2. The molecule has 0 saturated carbocycles. The molecule has 1 aromatic heterocycles. The fourth-order valence-corrected chi connectivity index (χ4v) is 3.77. The molecule has 2 aromatic rings. The van der Waals surface area contributed by atoms with Gasteiger partial charge in [0.2, 0.25) is 0 Å². The van der Waals surface area contributed by atoms with Crippen LogP contribution in [0.15, 0.2) is 99.2 Å². The van der Waals surface area contributed by atoms with Gasteiger partial charge in [0.15, 0.2) is 0 Å². The highest BCUT2D eigenvalue weighted by atomic mass is 15.0. The quantitative estimate of drug-likeness (QED) is 0.221. The van der Waals surface area contributed by atoms with Crippen molar-refractivity contribution in [2.24, 2.45) is 5.73 Å². The van der Waals surface area contributed by atoms with Gasteiger partial charge in [0, 0.05) is 12.4 Å². The van der Waals surface area contributed by atoms with E-state index in [4.69, 9.17) is 5.73 Å². The summed E-state index contributed by atoms with van der Waals surface area (Å²) < 4.78 is 0.